The van der Waals surface area contributed by atoms with Crippen molar-refractivity contribution in [2.45, 2.75) is 32.2 Å². The molecule has 1 unspecified atom stereocenters. The van der Waals surface area contributed by atoms with Gasteiger partial charge in [-0.1, -0.05) is 0 Å². The number of amides is 1. The van der Waals surface area contributed by atoms with E-state index in [0.29, 0.717) is 6.54 Å². The summed E-state index contributed by atoms with van der Waals surface area (Å²) in [7, 11) is 0. The van der Waals surface area contributed by atoms with Crippen LogP contribution in [0.1, 0.15) is 26.2 Å². The third-order valence-electron chi connectivity index (χ3n) is 1.55. The van der Waals surface area contributed by atoms with Crippen LogP contribution in [0.2, 0.25) is 0 Å². The van der Waals surface area contributed by atoms with E-state index in [2.05, 4.69) is 5.32 Å². The van der Waals surface area contributed by atoms with Gasteiger partial charge in [0, 0.05) is 13.2 Å². The summed E-state index contributed by atoms with van der Waals surface area (Å²) in [6.45, 7) is 2.53. The highest BCUT2D eigenvalue weighted by Gasteiger charge is 2.04. The van der Waals surface area contributed by atoms with E-state index >= 15 is 0 Å². The topological polar surface area (TPSA) is 75.4 Å². The average Bonchev–Trinajstić information content (AvgIpc) is 2.03. The van der Waals surface area contributed by atoms with Crippen LogP contribution in [-0.2, 0) is 4.79 Å². The lowest BCUT2D eigenvalue weighted by molar-refractivity contribution is -0.121. The largest absolute Gasteiger partial charge is 0.396 e. The summed E-state index contributed by atoms with van der Waals surface area (Å²) in [6.07, 6.45) is 2.64. The van der Waals surface area contributed by atoms with Gasteiger partial charge in [-0.05, 0) is 26.2 Å². The first-order valence-corrected chi connectivity index (χ1v) is 4.32. The molecule has 0 radical (unpaired) electrons. The molecule has 4 N–H and O–H groups in total. The van der Waals surface area contributed by atoms with Gasteiger partial charge in [0.1, 0.15) is 0 Å². The Hall–Kier alpha value is -0.610. The predicted octanol–water partition coefficient (Wildman–Crippen LogP) is -0.388. The fraction of sp³-hybridized carbons (Fsp3) is 0.875. The van der Waals surface area contributed by atoms with Gasteiger partial charge >= 0.3 is 0 Å². The van der Waals surface area contributed by atoms with Crippen molar-refractivity contribution in [3.63, 3.8) is 0 Å². The Bertz CT molecular complexity index is 126. The molecular formula is C8H18N2O2. The number of carbonyl (C=O) groups is 1. The van der Waals surface area contributed by atoms with Crippen molar-refractivity contribution in [1.29, 1.82) is 0 Å². The molecule has 1 amide bonds. The maximum absolute atomic E-state index is 10.9. The van der Waals surface area contributed by atoms with Gasteiger partial charge < -0.3 is 16.2 Å². The summed E-state index contributed by atoms with van der Waals surface area (Å²) in [5.74, 6) is -0.112. The number of unbranched alkanes of at least 4 members (excludes halogenated alkanes) is 2. The molecule has 0 aromatic rings. The summed E-state index contributed by atoms with van der Waals surface area (Å²) in [4.78, 5) is 10.9. The molecule has 0 aliphatic carbocycles. The number of hydrogen-bond acceptors (Lipinski definition) is 3. The van der Waals surface area contributed by atoms with Gasteiger partial charge in [-0.25, -0.2) is 0 Å². The van der Waals surface area contributed by atoms with Gasteiger partial charge in [0.25, 0.3) is 0 Å². The fourth-order valence-electron chi connectivity index (χ4n) is 0.786. The second-order valence-corrected chi connectivity index (χ2v) is 2.86. The first-order chi connectivity index (χ1) is 5.68. The first kappa shape index (κ1) is 11.4. The molecule has 72 valence electrons. The van der Waals surface area contributed by atoms with Crippen molar-refractivity contribution in [3.8, 4) is 0 Å². The number of nitrogens with two attached hydrogens (primary N) is 1. The lowest BCUT2D eigenvalue weighted by Gasteiger charge is -2.06. The van der Waals surface area contributed by atoms with E-state index in [-0.39, 0.29) is 12.5 Å². The Morgan fingerprint density at radius 1 is 1.50 bits per heavy atom. The van der Waals surface area contributed by atoms with Crippen molar-refractivity contribution in [3.05, 3.63) is 0 Å². The summed E-state index contributed by atoms with van der Waals surface area (Å²) >= 11 is 0. The zero-order valence-electron chi connectivity index (χ0n) is 7.55. The molecule has 0 aliphatic rings. The van der Waals surface area contributed by atoms with Crippen LogP contribution in [0.5, 0.6) is 0 Å². The first-order valence-electron chi connectivity index (χ1n) is 4.32. The van der Waals surface area contributed by atoms with E-state index in [4.69, 9.17) is 10.8 Å². The standard InChI is InChI=1S/C8H18N2O2/c1-7(9)8(12)10-5-3-2-4-6-11/h7,11H,2-6,9H2,1H3,(H,10,12). The highest BCUT2D eigenvalue weighted by atomic mass is 16.2. The summed E-state index contributed by atoms with van der Waals surface area (Å²) in [5, 5.41) is 11.2. The van der Waals surface area contributed by atoms with Crippen LogP contribution in [0.4, 0.5) is 0 Å². The zero-order chi connectivity index (χ0) is 9.40. The highest BCUT2D eigenvalue weighted by molar-refractivity contribution is 5.80. The maximum Gasteiger partial charge on any atom is 0.236 e. The number of nitrogens with one attached hydrogen (secondary N) is 1. The van der Waals surface area contributed by atoms with Crippen molar-refractivity contribution < 1.29 is 9.90 Å². The summed E-state index contributed by atoms with van der Waals surface area (Å²) in [5.41, 5.74) is 5.32. The molecule has 0 heterocycles. The SMILES string of the molecule is CC(N)C(=O)NCCCCCO. The van der Waals surface area contributed by atoms with Gasteiger partial charge in [-0.3, -0.25) is 4.79 Å². The molecule has 4 nitrogen and oxygen atoms in total. The fourth-order valence-corrected chi connectivity index (χ4v) is 0.786. The van der Waals surface area contributed by atoms with Crippen LogP contribution in [0.15, 0.2) is 0 Å². The molecule has 1 atom stereocenters. The van der Waals surface area contributed by atoms with E-state index < -0.39 is 6.04 Å². The molecule has 12 heavy (non-hydrogen) atoms. The zero-order valence-corrected chi connectivity index (χ0v) is 7.55. The number of carbonyl (C=O) groups excluding carboxylic acids is 1. The summed E-state index contributed by atoms with van der Waals surface area (Å²) in [6, 6.07) is -0.428. The minimum absolute atomic E-state index is 0.112. The smallest absolute Gasteiger partial charge is 0.236 e. The Kier molecular flexibility index (Phi) is 6.70. The highest BCUT2D eigenvalue weighted by Crippen LogP contribution is 1.91. The van der Waals surface area contributed by atoms with Gasteiger partial charge in [0.2, 0.25) is 5.91 Å². The van der Waals surface area contributed by atoms with Crippen molar-refractivity contribution in [2.75, 3.05) is 13.2 Å². The van der Waals surface area contributed by atoms with Crippen molar-refractivity contribution in [1.82, 2.24) is 5.32 Å². The summed E-state index contributed by atoms with van der Waals surface area (Å²) < 4.78 is 0. The Labute approximate surface area is 73.1 Å². The van der Waals surface area contributed by atoms with E-state index in [1.807, 2.05) is 0 Å². The second kappa shape index (κ2) is 7.06. The number of aliphatic hydroxyl groups excluding tert-OH is 1. The number of rotatable bonds is 6. The maximum atomic E-state index is 10.9. The molecule has 0 aromatic heterocycles. The van der Waals surface area contributed by atoms with E-state index in [9.17, 15) is 4.79 Å². The number of aliphatic hydroxyl groups is 1. The van der Waals surface area contributed by atoms with Crippen LogP contribution >= 0.6 is 0 Å². The molecule has 0 spiro atoms. The van der Waals surface area contributed by atoms with E-state index in [1.165, 1.54) is 0 Å². The van der Waals surface area contributed by atoms with Gasteiger partial charge in [0.05, 0.1) is 6.04 Å². The molecular weight excluding hydrogens is 156 g/mol. The Balaban J connectivity index is 3.14. The molecule has 0 bridgehead atoms. The lowest BCUT2D eigenvalue weighted by Crippen LogP contribution is -2.38. The minimum Gasteiger partial charge on any atom is -0.396 e. The van der Waals surface area contributed by atoms with Crippen LogP contribution in [0, 0.1) is 0 Å². The van der Waals surface area contributed by atoms with Crippen LogP contribution in [-0.4, -0.2) is 30.2 Å². The van der Waals surface area contributed by atoms with Crippen LogP contribution in [0.3, 0.4) is 0 Å². The normalized spacial score (nSPS) is 12.6. The van der Waals surface area contributed by atoms with Crippen LogP contribution in [0.25, 0.3) is 0 Å². The number of hydrogen-bond donors (Lipinski definition) is 3. The average molecular weight is 174 g/mol. The van der Waals surface area contributed by atoms with Crippen LogP contribution < -0.4 is 11.1 Å². The molecule has 0 aliphatic heterocycles. The molecule has 0 rings (SSSR count). The Morgan fingerprint density at radius 2 is 2.17 bits per heavy atom. The third kappa shape index (κ3) is 6.12. The third-order valence-corrected chi connectivity index (χ3v) is 1.55. The molecule has 4 heteroatoms. The van der Waals surface area contributed by atoms with Gasteiger partial charge in [0.15, 0.2) is 0 Å². The van der Waals surface area contributed by atoms with Crippen molar-refractivity contribution in [2.24, 2.45) is 5.73 Å². The van der Waals surface area contributed by atoms with Crippen molar-refractivity contribution >= 4 is 5.91 Å². The second-order valence-electron chi connectivity index (χ2n) is 2.86. The van der Waals surface area contributed by atoms with Gasteiger partial charge in [-0.2, -0.15) is 0 Å². The molecule has 0 saturated heterocycles. The lowest BCUT2D eigenvalue weighted by atomic mass is 10.2. The van der Waals surface area contributed by atoms with Gasteiger partial charge in [-0.15, -0.1) is 0 Å². The quantitative estimate of drug-likeness (QED) is 0.480. The predicted molar refractivity (Wildman–Crippen MR) is 47.6 cm³/mol. The molecule has 0 aromatic carbocycles. The minimum atomic E-state index is -0.428. The molecule has 0 fully saturated rings. The van der Waals surface area contributed by atoms with E-state index in [0.717, 1.165) is 19.3 Å². The monoisotopic (exact) mass is 174 g/mol. The Morgan fingerprint density at radius 3 is 2.67 bits per heavy atom. The molecule has 0 saturated carbocycles. The van der Waals surface area contributed by atoms with E-state index in [1.54, 1.807) is 6.92 Å².